The van der Waals surface area contributed by atoms with Crippen LogP contribution in [0.3, 0.4) is 0 Å². The number of anilines is 2. The topological polar surface area (TPSA) is 135 Å². The molecule has 1 heterocycles. The van der Waals surface area contributed by atoms with Crippen molar-refractivity contribution in [2.75, 3.05) is 23.9 Å². The lowest BCUT2D eigenvalue weighted by Crippen LogP contribution is -2.36. The van der Waals surface area contributed by atoms with Crippen LogP contribution in [0, 0.1) is 5.92 Å². The maximum absolute atomic E-state index is 12.7. The molecule has 1 saturated carbocycles. The van der Waals surface area contributed by atoms with Crippen LogP contribution in [0.1, 0.15) is 31.2 Å². The van der Waals surface area contributed by atoms with Gasteiger partial charge in [0.2, 0.25) is 17.8 Å². The zero-order valence-electron chi connectivity index (χ0n) is 21.8. The molecule has 10 nitrogen and oxygen atoms in total. The molecule has 1 aliphatic carbocycles. The molecule has 0 bridgehead atoms. The van der Waals surface area contributed by atoms with Crippen LogP contribution in [0.2, 0.25) is 0 Å². The van der Waals surface area contributed by atoms with Crippen molar-refractivity contribution in [2.24, 2.45) is 5.92 Å². The minimum Gasteiger partial charge on any atom is -0.405 e. The van der Waals surface area contributed by atoms with Crippen LogP contribution in [0.5, 0.6) is 5.75 Å². The van der Waals surface area contributed by atoms with Gasteiger partial charge in [-0.3, -0.25) is 4.79 Å². The van der Waals surface area contributed by atoms with Crippen molar-refractivity contribution in [2.45, 2.75) is 49.5 Å². The highest BCUT2D eigenvalue weighted by atomic mass is 32.2. The number of aromatic nitrogens is 3. The quantitative estimate of drug-likeness (QED) is 0.342. The van der Waals surface area contributed by atoms with E-state index in [0.29, 0.717) is 49.0 Å². The van der Waals surface area contributed by atoms with E-state index in [2.05, 4.69) is 35.6 Å². The van der Waals surface area contributed by atoms with E-state index in [4.69, 9.17) is 0 Å². The van der Waals surface area contributed by atoms with Gasteiger partial charge in [-0.2, -0.15) is 15.0 Å². The fraction of sp³-hybridized carbons (Fsp3) is 0.385. The van der Waals surface area contributed by atoms with Gasteiger partial charge in [0.15, 0.2) is 15.7 Å². The lowest BCUT2D eigenvalue weighted by molar-refractivity contribution is -0.274. The molecule has 1 fully saturated rings. The van der Waals surface area contributed by atoms with E-state index in [-0.39, 0.29) is 40.6 Å². The van der Waals surface area contributed by atoms with Gasteiger partial charge >= 0.3 is 6.36 Å². The zero-order valence-corrected chi connectivity index (χ0v) is 22.6. The molecule has 0 saturated heterocycles. The van der Waals surface area contributed by atoms with E-state index in [1.54, 1.807) is 25.2 Å². The van der Waals surface area contributed by atoms with Crippen molar-refractivity contribution in [1.29, 1.82) is 0 Å². The first-order valence-electron chi connectivity index (χ1n) is 12.5. The largest absolute Gasteiger partial charge is 0.573 e. The molecule has 3 aromatic rings. The molecular weight excluding hydrogens is 549 g/mol. The third kappa shape index (κ3) is 7.81. The Kier molecular flexibility index (Phi) is 8.76. The number of para-hydroxylation sites is 1. The highest BCUT2D eigenvalue weighted by molar-refractivity contribution is 7.90. The Morgan fingerprint density at radius 2 is 1.62 bits per heavy atom. The van der Waals surface area contributed by atoms with Crippen molar-refractivity contribution in [3.8, 4) is 17.1 Å². The summed E-state index contributed by atoms with van der Waals surface area (Å²) in [5.41, 5.74) is 0.859. The number of nitrogens with one attached hydrogen (secondary N) is 3. The molecule has 40 heavy (non-hydrogen) atoms. The van der Waals surface area contributed by atoms with Gasteiger partial charge in [0, 0.05) is 42.9 Å². The van der Waals surface area contributed by atoms with Crippen LogP contribution in [0.15, 0.2) is 53.4 Å². The normalized spacial score (nSPS) is 17.6. The minimum absolute atomic E-state index is 0.00229. The van der Waals surface area contributed by atoms with Crippen molar-refractivity contribution in [3.63, 3.8) is 0 Å². The summed E-state index contributed by atoms with van der Waals surface area (Å²) in [6.07, 6.45) is -1.21. The van der Waals surface area contributed by atoms with E-state index >= 15 is 0 Å². The van der Waals surface area contributed by atoms with Crippen LogP contribution in [-0.2, 0) is 21.2 Å². The number of carbonyl (C=O) groups is 1. The number of ether oxygens (including phenoxy) is 1. The summed E-state index contributed by atoms with van der Waals surface area (Å²) in [6, 6.07) is 12.0. The molecule has 1 amide bonds. The number of rotatable bonds is 9. The van der Waals surface area contributed by atoms with Gasteiger partial charge in [0.1, 0.15) is 5.75 Å². The number of sulfone groups is 1. The Bertz CT molecular complexity index is 1440. The summed E-state index contributed by atoms with van der Waals surface area (Å²) >= 11 is 0. The average Bonchev–Trinajstić information content (AvgIpc) is 2.91. The molecule has 0 spiro atoms. The second-order valence-corrected chi connectivity index (χ2v) is 11.4. The van der Waals surface area contributed by atoms with Crippen molar-refractivity contribution in [1.82, 2.24) is 20.3 Å². The van der Waals surface area contributed by atoms with Crippen LogP contribution in [0.25, 0.3) is 11.4 Å². The molecule has 14 heteroatoms. The molecule has 0 radical (unpaired) electrons. The van der Waals surface area contributed by atoms with Crippen LogP contribution < -0.4 is 20.7 Å². The third-order valence-corrected chi connectivity index (χ3v) is 7.61. The third-order valence-electron chi connectivity index (χ3n) is 6.48. The van der Waals surface area contributed by atoms with E-state index in [0.717, 1.165) is 6.26 Å². The predicted molar refractivity (Wildman–Crippen MR) is 142 cm³/mol. The Morgan fingerprint density at radius 3 is 2.25 bits per heavy atom. The number of nitrogens with zero attached hydrogens (tertiary/aromatic N) is 3. The van der Waals surface area contributed by atoms with Crippen molar-refractivity contribution < 1.29 is 31.1 Å². The Labute approximate surface area is 229 Å². The highest BCUT2D eigenvalue weighted by Gasteiger charge is 2.32. The molecule has 0 atom stereocenters. The number of hydrogen-bond donors (Lipinski definition) is 3. The molecule has 4 rings (SSSR count). The number of alkyl halides is 3. The second-order valence-electron chi connectivity index (χ2n) is 9.42. The number of hydrogen-bond acceptors (Lipinski definition) is 9. The number of benzene rings is 2. The second kappa shape index (κ2) is 12.1. The molecule has 0 aliphatic heterocycles. The number of halogens is 3. The standard InChI is InChI=1S/C26H29F3N6O4S/c1-30-24-33-22(16-9-13-20(14-10-16)40(2,37)38)34-25(35-24)32-19-11-7-17(8-12-19)23(36)31-15-18-5-3-4-6-21(18)39-26(27,28)29/h3-6,9-10,13-14,17,19H,7-8,11-12,15H2,1-2H3,(H,31,36)(H2,30,32,33,34,35). The monoisotopic (exact) mass is 578 g/mol. The first-order valence-corrected chi connectivity index (χ1v) is 14.4. The van der Waals surface area contributed by atoms with E-state index in [9.17, 15) is 26.4 Å². The summed E-state index contributed by atoms with van der Waals surface area (Å²) in [6.45, 7) is -0.0745. The first kappa shape index (κ1) is 29.1. The summed E-state index contributed by atoms with van der Waals surface area (Å²) in [7, 11) is -1.66. The van der Waals surface area contributed by atoms with Gasteiger partial charge in [-0.25, -0.2) is 8.42 Å². The summed E-state index contributed by atoms with van der Waals surface area (Å²) < 4.78 is 65.5. The molecule has 3 N–H and O–H groups in total. The Morgan fingerprint density at radius 1 is 0.975 bits per heavy atom. The fourth-order valence-corrected chi connectivity index (χ4v) is 5.05. The number of amides is 1. The van der Waals surface area contributed by atoms with E-state index in [1.807, 2.05) is 0 Å². The molecule has 214 valence electrons. The van der Waals surface area contributed by atoms with Gasteiger partial charge < -0.3 is 20.7 Å². The zero-order chi connectivity index (χ0) is 28.9. The minimum atomic E-state index is -4.82. The molecule has 1 aromatic heterocycles. The summed E-state index contributed by atoms with van der Waals surface area (Å²) in [5, 5.41) is 8.92. The lowest BCUT2D eigenvalue weighted by atomic mass is 9.85. The van der Waals surface area contributed by atoms with Crippen LogP contribution >= 0.6 is 0 Å². The molecule has 0 unspecified atom stereocenters. The van der Waals surface area contributed by atoms with E-state index < -0.39 is 16.2 Å². The number of carbonyl (C=O) groups excluding carboxylic acids is 1. The van der Waals surface area contributed by atoms with E-state index in [1.165, 1.54) is 30.3 Å². The van der Waals surface area contributed by atoms with Crippen LogP contribution in [0.4, 0.5) is 25.1 Å². The maximum atomic E-state index is 12.7. The van der Waals surface area contributed by atoms with Gasteiger partial charge in [-0.05, 0) is 56.0 Å². The van der Waals surface area contributed by atoms with Gasteiger partial charge in [0.05, 0.1) is 4.90 Å². The molecule has 1 aliphatic rings. The smallest absolute Gasteiger partial charge is 0.405 e. The van der Waals surface area contributed by atoms with Gasteiger partial charge in [-0.1, -0.05) is 18.2 Å². The van der Waals surface area contributed by atoms with Crippen LogP contribution in [-0.4, -0.2) is 55.0 Å². The summed E-state index contributed by atoms with van der Waals surface area (Å²) in [4.78, 5) is 26.2. The maximum Gasteiger partial charge on any atom is 0.573 e. The van der Waals surface area contributed by atoms with Crippen molar-refractivity contribution in [3.05, 3.63) is 54.1 Å². The fourth-order valence-electron chi connectivity index (χ4n) is 4.42. The average molecular weight is 579 g/mol. The highest BCUT2D eigenvalue weighted by Crippen LogP contribution is 2.29. The summed E-state index contributed by atoms with van der Waals surface area (Å²) in [5.74, 6) is 0.205. The lowest BCUT2D eigenvalue weighted by Gasteiger charge is -2.28. The van der Waals surface area contributed by atoms with Crippen molar-refractivity contribution >= 4 is 27.6 Å². The Hall–Kier alpha value is -3.94. The SMILES string of the molecule is CNc1nc(NC2CCC(C(=O)NCc3ccccc3OC(F)(F)F)CC2)nc(-c2ccc(S(C)(=O)=O)cc2)n1. The molecule has 2 aromatic carbocycles. The predicted octanol–water partition coefficient (Wildman–Crippen LogP) is 4.17. The van der Waals surface area contributed by atoms with Gasteiger partial charge in [-0.15, -0.1) is 13.2 Å². The first-order chi connectivity index (χ1) is 18.9. The Balaban J connectivity index is 1.34. The molecular formula is C26H29F3N6O4S. The van der Waals surface area contributed by atoms with Gasteiger partial charge in [0.25, 0.3) is 0 Å².